The number of ether oxygens (including phenoxy) is 1. The third kappa shape index (κ3) is 5.94. The van der Waals surface area contributed by atoms with E-state index in [1.54, 1.807) is 0 Å². The molecule has 2 N–H and O–H groups in total. The molecule has 0 atom stereocenters. The first-order chi connectivity index (χ1) is 6.83. The number of carbonyl (C=O) groups is 1. The van der Waals surface area contributed by atoms with Gasteiger partial charge in [0, 0.05) is 13.1 Å². The lowest BCUT2D eigenvalue weighted by Gasteiger charge is -2.05. The van der Waals surface area contributed by atoms with E-state index in [1.165, 1.54) is 12.8 Å². The van der Waals surface area contributed by atoms with Crippen molar-refractivity contribution in [3.63, 3.8) is 0 Å². The molecule has 4 nitrogen and oxygen atoms in total. The van der Waals surface area contributed by atoms with Gasteiger partial charge in [-0.25, -0.2) is 0 Å². The Balaban J connectivity index is 1.82. The average molecular weight is 200 g/mol. The van der Waals surface area contributed by atoms with Gasteiger partial charge in [-0.1, -0.05) is 6.92 Å². The zero-order chi connectivity index (χ0) is 10.2. The summed E-state index contributed by atoms with van der Waals surface area (Å²) in [6.07, 6.45) is 2.53. The fourth-order valence-corrected chi connectivity index (χ4v) is 1.12. The van der Waals surface area contributed by atoms with Crippen molar-refractivity contribution in [2.75, 3.05) is 32.8 Å². The number of nitrogens with one attached hydrogen (secondary N) is 2. The van der Waals surface area contributed by atoms with E-state index < -0.39 is 0 Å². The molecule has 0 heterocycles. The maximum Gasteiger partial charge on any atom is 0.246 e. The number of carbonyl (C=O) groups excluding carboxylic acids is 1. The van der Waals surface area contributed by atoms with Crippen molar-refractivity contribution in [1.29, 1.82) is 0 Å². The Hall–Kier alpha value is -0.610. The summed E-state index contributed by atoms with van der Waals surface area (Å²) in [5.41, 5.74) is 0. The summed E-state index contributed by atoms with van der Waals surface area (Å²) in [7, 11) is 0. The largest absolute Gasteiger partial charge is 0.371 e. The van der Waals surface area contributed by atoms with Crippen molar-refractivity contribution in [2.45, 2.75) is 19.8 Å². The van der Waals surface area contributed by atoms with Gasteiger partial charge in [-0.2, -0.15) is 0 Å². The third-order valence-electron chi connectivity index (χ3n) is 2.16. The Morgan fingerprint density at radius 2 is 2.21 bits per heavy atom. The first-order valence-corrected chi connectivity index (χ1v) is 5.38. The summed E-state index contributed by atoms with van der Waals surface area (Å²) in [5.74, 6) is 0.716. The monoisotopic (exact) mass is 200 g/mol. The quantitative estimate of drug-likeness (QED) is 0.548. The molecule has 0 aromatic carbocycles. The second-order valence-corrected chi connectivity index (χ2v) is 3.66. The van der Waals surface area contributed by atoms with E-state index in [1.807, 2.05) is 6.92 Å². The van der Waals surface area contributed by atoms with Gasteiger partial charge in [-0.15, -0.1) is 0 Å². The van der Waals surface area contributed by atoms with Crippen molar-refractivity contribution >= 4 is 5.91 Å². The summed E-state index contributed by atoms with van der Waals surface area (Å²) in [4.78, 5) is 11.1. The Labute approximate surface area is 85.4 Å². The zero-order valence-electron chi connectivity index (χ0n) is 8.84. The molecule has 1 rings (SSSR count). The summed E-state index contributed by atoms with van der Waals surface area (Å²) in [5, 5.41) is 5.92. The van der Waals surface area contributed by atoms with Gasteiger partial charge >= 0.3 is 0 Å². The molecule has 0 unspecified atom stereocenters. The molecule has 4 heteroatoms. The van der Waals surface area contributed by atoms with Gasteiger partial charge in [-0.05, 0) is 25.3 Å². The Morgan fingerprint density at radius 3 is 2.86 bits per heavy atom. The van der Waals surface area contributed by atoms with Crippen molar-refractivity contribution in [3.8, 4) is 0 Å². The SMILES string of the molecule is CCNCCNC(=O)COCC1CC1. The molecule has 0 radical (unpaired) electrons. The highest BCUT2D eigenvalue weighted by Gasteiger charge is 2.21. The van der Waals surface area contributed by atoms with E-state index in [4.69, 9.17) is 4.74 Å². The van der Waals surface area contributed by atoms with Gasteiger partial charge in [0.2, 0.25) is 5.91 Å². The minimum absolute atomic E-state index is 0.0106. The lowest BCUT2D eigenvalue weighted by Crippen LogP contribution is -2.34. The van der Waals surface area contributed by atoms with E-state index >= 15 is 0 Å². The van der Waals surface area contributed by atoms with Crippen molar-refractivity contribution in [2.24, 2.45) is 5.92 Å². The van der Waals surface area contributed by atoms with Crippen LogP contribution < -0.4 is 10.6 Å². The number of hydrogen-bond acceptors (Lipinski definition) is 3. The van der Waals surface area contributed by atoms with Gasteiger partial charge in [0.05, 0.1) is 6.61 Å². The molecule has 1 fully saturated rings. The van der Waals surface area contributed by atoms with E-state index in [0.717, 1.165) is 25.6 Å². The minimum atomic E-state index is -0.0106. The van der Waals surface area contributed by atoms with E-state index in [0.29, 0.717) is 6.54 Å². The van der Waals surface area contributed by atoms with E-state index in [-0.39, 0.29) is 12.5 Å². The minimum Gasteiger partial charge on any atom is -0.371 e. The molecular formula is C10H20N2O2. The van der Waals surface area contributed by atoms with Crippen molar-refractivity contribution in [3.05, 3.63) is 0 Å². The third-order valence-corrected chi connectivity index (χ3v) is 2.16. The highest BCUT2D eigenvalue weighted by Crippen LogP contribution is 2.28. The van der Waals surface area contributed by atoms with E-state index in [9.17, 15) is 4.79 Å². The van der Waals surface area contributed by atoms with Crippen molar-refractivity contribution in [1.82, 2.24) is 10.6 Å². The Kier molecular flexibility index (Phi) is 5.56. The van der Waals surface area contributed by atoms with Crippen LogP contribution in [-0.4, -0.2) is 38.8 Å². The van der Waals surface area contributed by atoms with Crippen LogP contribution in [0.1, 0.15) is 19.8 Å². The van der Waals surface area contributed by atoms with Crippen LogP contribution in [0.5, 0.6) is 0 Å². The van der Waals surface area contributed by atoms with Crippen LogP contribution in [0.2, 0.25) is 0 Å². The fourth-order valence-electron chi connectivity index (χ4n) is 1.12. The molecule has 1 aliphatic carbocycles. The standard InChI is InChI=1S/C10H20N2O2/c1-2-11-5-6-12-10(13)8-14-7-9-3-4-9/h9,11H,2-8H2,1H3,(H,12,13). The number of rotatable bonds is 8. The molecule has 82 valence electrons. The molecule has 1 aliphatic rings. The van der Waals surface area contributed by atoms with Gasteiger partial charge in [0.15, 0.2) is 0 Å². The second-order valence-electron chi connectivity index (χ2n) is 3.66. The molecule has 14 heavy (non-hydrogen) atoms. The Morgan fingerprint density at radius 1 is 1.43 bits per heavy atom. The van der Waals surface area contributed by atoms with Crippen molar-refractivity contribution < 1.29 is 9.53 Å². The fraction of sp³-hybridized carbons (Fsp3) is 0.900. The molecule has 1 amide bonds. The summed E-state index contributed by atoms with van der Waals surface area (Å²) in [6, 6.07) is 0. The van der Waals surface area contributed by atoms with Gasteiger partial charge in [0.25, 0.3) is 0 Å². The highest BCUT2D eigenvalue weighted by atomic mass is 16.5. The number of hydrogen-bond donors (Lipinski definition) is 2. The van der Waals surface area contributed by atoms with Crippen LogP contribution in [-0.2, 0) is 9.53 Å². The smallest absolute Gasteiger partial charge is 0.246 e. The van der Waals surface area contributed by atoms with Crippen LogP contribution in [0, 0.1) is 5.92 Å². The van der Waals surface area contributed by atoms with Crippen LogP contribution in [0.4, 0.5) is 0 Å². The first-order valence-electron chi connectivity index (χ1n) is 5.38. The lowest BCUT2D eigenvalue weighted by molar-refractivity contribution is -0.125. The molecular weight excluding hydrogens is 180 g/mol. The van der Waals surface area contributed by atoms with Gasteiger partial charge < -0.3 is 15.4 Å². The van der Waals surface area contributed by atoms with Crippen LogP contribution in [0.3, 0.4) is 0 Å². The average Bonchev–Trinajstić information content (AvgIpc) is 2.96. The number of amides is 1. The van der Waals surface area contributed by atoms with Gasteiger partial charge in [0.1, 0.15) is 6.61 Å². The maximum absolute atomic E-state index is 11.1. The summed E-state index contributed by atoms with van der Waals surface area (Å²) in [6.45, 7) is 5.45. The molecule has 0 aromatic heterocycles. The molecule has 1 saturated carbocycles. The van der Waals surface area contributed by atoms with Crippen LogP contribution >= 0.6 is 0 Å². The normalized spacial score (nSPS) is 15.5. The highest BCUT2D eigenvalue weighted by molar-refractivity contribution is 5.77. The second kappa shape index (κ2) is 6.79. The summed E-state index contributed by atoms with van der Waals surface area (Å²) >= 11 is 0. The zero-order valence-corrected chi connectivity index (χ0v) is 8.84. The lowest BCUT2D eigenvalue weighted by atomic mass is 10.5. The summed E-state index contributed by atoms with van der Waals surface area (Å²) < 4.78 is 5.24. The molecule has 0 saturated heterocycles. The molecule has 0 spiro atoms. The first kappa shape index (κ1) is 11.5. The maximum atomic E-state index is 11.1. The molecule has 0 aliphatic heterocycles. The van der Waals surface area contributed by atoms with Gasteiger partial charge in [-0.3, -0.25) is 4.79 Å². The molecule has 0 aromatic rings. The van der Waals surface area contributed by atoms with E-state index in [2.05, 4.69) is 10.6 Å². The predicted molar refractivity (Wildman–Crippen MR) is 55.1 cm³/mol. The Bertz CT molecular complexity index is 170. The van der Waals surface area contributed by atoms with Crippen LogP contribution in [0.15, 0.2) is 0 Å². The number of likely N-dealkylation sites (N-methyl/N-ethyl adjacent to an activating group) is 1. The topological polar surface area (TPSA) is 50.4 Å². The predicted octanol–water partition coefficient (Wildman–Crippen LogP) is 0.139. The van der Waals surface area contributed by atoms with Crippen LogP contribution in [0.25, 0.3) is 0 Å². The molecule has 0 bridgehead atoms.